The first-order chi connectivity index (χ1) is 9.01. The maximum Gasteiger partial charge on any atom is 0.309 e. The van der Waals surface area contributed by atoms with E-state index in [9.17, 15) is 4.79 Å². The van der Waals surface area contributed by atoms with Gasteiger partial charge in [0.2, 0.25) is 0 Å². The van der Waals surface area contributed by atoms with E-state index in [0.29, 0.717) is 5.69 Å². The normalized spacial score (nSPS) is 10.5. The molecule has 0 bridgehead atoms. The first-order valence-corrected chi connectivity index (χ1v) is 5.90. The predicted molar refractivity (Wildman–Crippen MR) is 71.3 cm³/mol. The highest BCUT2D eigenvalue weighted by atomic mass is 16.5. The summed E-state index contributed by atoms with van der Waals surface area (Å²) >= 11 is 0. The van der Waals surface area contributed by atoms with Crippen molar-refractivity contribution < 1.29 is 14.6 Å². The van der Waals surface area contributed by atoms with Gasteiger partial charge in [-0.15, -0.1) is 0 Å². The largest absolute Gasteiger partial charge is 0.496 e. The summed E-state index contributed by atoms with van der Waals surface area (Å²) in [5, 5.41) is 8.78. The lowest BCUT2D eigenvalue weighted by molar-refractivity contribution is -0.136. The maximum atomic E-state index is 10.7. The fourth-order valence-corrected chi connectivity index (χ4v) is 2.05. The smallest absolute Gasteiger partial charge is 0.309 e. The number of rotatable bonds is 4. The van der Waals surface area contributed by atoms with Crippen LogP contribution in [0.3, 0.4) is 0 Å². The topological polar surface area (TPSA) is 64.3 Å². The molecule has 5 nitrogen and oxygen atoms in total. The predicted octanol–water partition coefficient (Wildman–Crippen LogP) is 2.03. The molecule has 1 heterocycles. The number of aliphatic carboxylic acids is 1. The number of hydrogen-bond acceptors (Lipinski definition) is 3. The molecule has 1 aromatic carbocycles. The summed E-state index contributed by atoms with van der Waals surface area (Å²) in [6.07, 6.45) is 1.67. The van der Waals surface area contributed by atoms with Gasteiger partial charge in [-0.2, -0.15) is 0 Å². The van der Waals surface area contributed by atoms with E-state index >= 15 is 0 Å². The van der Waals surface area contributed by atoms with Crippen LogP contribution in [0.1, 0.15) is 11.3 Å². The Morgan fingerprint density at radius 2 is 2.21 bits per heavy atom. The molecule has 0 aliphatic rings. The van der Waals surface area contributed by atoms with E-state index in [4.69, 9.17) is 9.84 Å². The lowest BCUT2D eigenvalue weighted by atomic mass is 10.1. The maximum absolute atomic E-state index is 10.7. The monoisotopic (exact) mass is 260 g/mol. The van der Waals surface area contributed by atoms with Crippen LogP contribution in [-0.2, 0) is 18.3 Å². The number of aromatic nitrogens is 2. The van der Waals surface area contributed by atoms with Crippen molar-refractivity contribution in [1.82, 2.24) is 9.55 Å². The van der Waals surface area contributed by atoms with Gasteiger partial charge in [0.05, 0.1) is 19.2 Å². The molecule has 0 aliphatic carbocycles. The molecule has 1 aromatic heterocycles. The number of carboxylic acids is 1. The number of ether oxygens (including phenoxy) is 1. The minimum absolute atomic E-state index is 0.0665. The molecular weight excluding hydrogens is 244 g/mol. The fourth-order valence-electron chi connectivity index (χ4n) is 2.05. The molecule has 0 amide bonds. The summed E-state index contributed by atoms with van der Waals surface area (Å²) in [5.74, 6) is 0.696. The van der Waals surface area contributed by atoms with Crippen molar-refractivity contribution in [2.45, 2.75) is 13.3 Å². The van der Waals surface area contributed by atoms with E-state index in [1.165, 1.54) is 0 Å². The molecule has 0 fully saturated rings. The van der Waals surface area contributed by atoms with E-state index in [2.05, 4.69) is 4.98 Å². The summed E-state index contributed by atoms with van der Waals surface area (Å²) in [6, 6.07) is 5.78. The molecule has 0 unspecified atom stereocenters. The SMILES string of the molecule is COc1ccc(-c2nc(CC(=O)O)cn2C)cc1C. The number of benzene rings is 1. The lowest BCUT2D eigenvalue weighted by Crippen LogP contribution is -1.99. The van der Waals surface area contributed by atoms with Gasteiger partial charge in [-0.1, -0.05) is 0 Å². The second-order valence-electron chi connectivity index (χ2n) is 4.42. The Bertz CT molecular complexity index is 617. The molecule has 0 aliphatic heterocycles. The third-order valence-electron chi connectivity index (χ3n) is 2.91. The van der Waals surface area contributed by atoms with Gasteiger partial charge >= 0.3 is 5.97 Å². The van der Waals surface area contributed by atoms with Crippen molar-refractivity contribution in [3.63, 3.8) is 0 Å². The van der Waals surface area contributed by atoms with Gasteiger partial charge in [-0.3, -0.25) is 4.79 Å². The number of methoxy groups -OCH3 is 1. The van der Waals surface area contributed by atoms with E-state index < -0.39 is 5.97 Å². The summed E-state index contributed by atoms with van der Waals surface area (Å²) in [6.45, 7) is 1.96. The van der Waals surface area contributed by atoms with Crippen LogP contribution in [-0.4, -0.2) is 27.7 Å². The number of imidazole rings is 1. The lowest BCUT2D eigenvalue weighted by Gasteiger charge is -2.07. The van der Waals surface area contributed by atoms with Gasteiger partial charge in [-0.05, 0) is 30.7 Å². The van der Waals surface area contributed by atoms with Crippen molar-refractivity contribution in [1.29, 1.82) is 0 Å². The molecule has 0 spiro atoms. The number of nitrogens with zero attached hydrogens (tertiary/aromatic N) is 2. The van der Waals surface area contributed by atoms with Gasteiger partial charge < -0.3 is 14.4 Å². The third kappa shape index (κ3) is 2.76. The Hall–Kier alpha value is -2.30. The molecular formula is C14H16N2O3. The van der Waals surface area contributed by atoms with Gasteiger partial charge in [0.1, 0.15) is 11.6 Å². The highest BCUT2D eigenvalue weighted by Crippen LogP contribution is 2.25. The average molecular weight is 260 g/mol. The zero-order valence-corrected chi connectivity index (χ0v) is 11.2. The van der Waals surface area contributed by atoms with E-state index in [-0.39, 0.29) is 6.42 Å². The minimum atomic E-state index is -0.879. The summed E-state index contributed by atoms with van der Waals surface area (Å²) in [5.41, 5.74) is 2.51. The first-order valence-electron chi connectivity index (χ1n) is 5.90. The Kier molecular flexibility index (Phi) is 3.55. The molecule has 5 heteroatoms. The van der Waals surface area contributed by atoms with Crippen molar-refractivity contribution >= 4 is 5.97 Å². The van der Waals surface area contributed by atoms with Crippen molar-refractivity contribution in [3.8, 4) is 17.1 Å². The van der Waals surface area contributed by atoms with Crippen LogP contribution in [0.25, 0.3) is 11.4 Å². The number of carboxylic acid groups (broad SMARTS) is 1. The number of hydrogen-bond donors (Lipinski definition) is 1. The fraction of sp³-hybridized carbons (Fsp3) is 0.286. The minimum Gasteiger partial charge on any atom is -0.496 e. The molecule has 0 saturated heterocycles. The molecule has 0 saturated carbocycles. The Balaban J connectivity index is 2.38. The highest BCUT2D eigenvalue weighted by molar-refractivity contribution is 5.70. The average Bonchev–Trinajstić information content (AvgIpc) is 2.69. The number of aryl methyl sites for hydroxylation is 2. The molecule has 100 valence electrons. The zero-order chi connectivity index (χ0) is 14.0. The van der Waals surface area contributed by atoms with E-state index in [1.54, 1.807) is 13.3 Å². The van der Waals surface area contributed by atoms with Crippen LogP contribution in [0, 0.1) is 6.92 Å². The van der Waals surface area contributed by atoms with Crippen LogP contribution in [0.4, 0.5) is 0 Å². The van der Waals surface area contributed by atoms with E-state index in [1.807, 2.05) is 36.7 Å². The molecule has 0 radical (unpaired) electrons. The summed E-state index contributed by atoms with van der Waals surface area (Å²) in [4.78, 5) is 15.1. The van der Waals surface area contributed by atoms with Gasteiger partial charge in [0, 0.05) is 18.8 Å². The highest BCUT2D eigenvalue weighted by Gasteiger charge is 2.11. The Labute approximate surface area is 111 Å². The number of carbonyl (C=O) groups is 1. The molecule has 1 N–H and O–H groups in total. The quantitative estimate of drug-likeness (QED) is 0.913. The standard InChI is InChI=1S/C14H16N2O3/c1-9-6-10(4-5-12(9)19-3)14-15-11(7-13(17)18)8-16(14)2/h4-6,8H,7H2,1-3H3,(H,17,18). The van der Waals surface area contributed by atoms with Crippen molar-refractivity contribution in [3.05, 3.63) is 35.7 Å². The van der Waals surface area contributed by atoms with Crippen LogP contribution < -0.4 is 4.74 Å². The second kappa shape index (κ2) is 5.14. The first kappa shape index (κ1) is 13.1. The van der Waals surface area contributed by atoms with Crippen LogP contribution in [0.15, 0.2) is 24.4 Å². The Morgan fingerprint density at radius 3 is 2.79 bits per heavy atom. The third-order valence-corrected chi connectivity index (χ3v) is 2.91. The van der Waals surface area contributed by atoms with Crippen molar-refractivity contribution in [2.75, 3.05) is 7.11 Å². The van der Waals surface area contributed by atoms with Gasteiger partial charge in [0.15, 0.2) is 0 Å². The van der Waals surface area contributed by atoms with Crippen LogP contribution in [0.2, 0.25) is 0 Å². The molecule has 19 heavy (non-hydrogen) atoms. The van der Waals surface area contributed by atoms with Crippen LogP contribution >= 0.6 is 0 Å². The van der Waals surface area contributed by atoms with Crippen molar-refractivity contribution in [2.24, 2.45) is 7.05 Å². The Morgan fingerprint density at radius 1 is 1.47 bits per heavy atom. The molecule has 0 atom stereocenters. The zero-order valence-electron chi connectivity index (χ0n) is 11.2. The summed E-state index contributed by atoms with van der Waals surface area (Å²) < 4.78 is 7.05. The van der Waals surface area contributed by atoms with Crippen LogP contribution in [0.5, 0.6) is 5.75 Å². The molecule has 2 aromatic rings. The summed E-state index contributed by atoms with van der Waals surface area (Å²) in [7, 11) is 3.49. The van der Waals surface area contributed by atoms with E-state index in [0.717, 1.165) is 22.7 Å². The second-order valence-corrected chi connectivity index (χ2v) is 4.42. The molecule has 2 rings (SSSR count). The van der Waals surface area contributed by atoms with Gasteiger partial charge in [0.25, 0.3) is 0 Å². The van der Waals surface area contributed by atoms with Gasteiger partial charge in [-0.25, -0.2) is 4.98 Å².